The van der Waals surface area contributed by atoms with Crippen LogP contribution in [0.4, 0.5) is 11.4 Å². The first-order chi connectivity index (χ1) is 28.3. The second kappa shape index (κ2) is 12.5. The maximum atomic E-state index is 7.02. The zero-order valence-corrected chi connectivity index (χ0v) is 30.7. The van der Waals surface area contributed by atoms with Crippen LogP contribution in [0.1, 0.15) is 34.3 Å². The average Bonchev–Trinajstić information content (AvgIpc) is 3.96. The van der Waals surface area contributed by atoms with Gasteiger partial charge < -0.3 is 19.1 Å². The molecule has 0 saturated carbocycles. The molecule has 9 aromatic rings. The van der Waals surface area contributed by atoms with Crippen LogP contribution in [0.25, 0.3) is 55.0 Å². The number of benzene rings is 7. The minimum Gasteiger partial charge on any atom is -0.456 e. The number of furan rings is 2. The second-order valence-corrected chi connectivity index (χ2v) is 14.9. The number of hydrogen-bond acceptors (Lipinski definition) is 6. The van der Waals surface area contributed by atoms with Gasteiger partial charge in [0, 0.05) is 50.0 Å². The lowest BCUT2D eigenvalue weighted by atomic mass is 9.91. The summed E-state index contributed by atoms with van der Waals surface area (Å²) in [7, 11) is 0. The quantitative estimate of drug-likeness (QED) is 0.191. The van der Waals surface area contributed by atoms with Gasteiger partial charge in [-0.25, -0.2) is 9.98 Å². The van der Waals surface area contributed by atoms with Crippen molar-refractivity contribution in [2.75, 3.05) is 4.90 Å². The Bertz CT molecular complexity index is 3190. The van der Waals surface area contributed by atoms with Crippen molar-refractivity contribution in [2.45, 2.75) is 18.1 Å². The molecule has 270 valence electrons. The van der Waals surface area contributed by atoms with Crippen LogP contribution in [0.5, 0.6) is 0 Å². The number of rotatable bonds is 5. The third-order valence-corrected chi connectivity index (χ3v) is 11.7. The third-order valence-electron chi connectivity index (χ3n) is 11.7. The zero-order valence-electron chi connectivity index (χ0n) is 30.7. The predicted molar refractivity (Wildman–Crippen MR) is 232 cm³/mol. The number of aliphatic imine (C=N–C) groups is 2. The van der Waals surface area contributed by atoms with E-state index in [9.17, 15) is 0 Å². The molecular formula is C51H34N4O2. The summed E-state index contributed by atoms with van der Waals surface area (Å²) in [6.07, 6.45) is 8.65. The molecular weight excluding hydrogens is 701 g/mol. The molecule has 0 radical (unpaired) electrons. The van der Waals surface area contributed by atoms with Crippen molar-refractivity contribution < 1.29 is 8.83 Å². The van der Waals surface area contributed by atoms with E-state index >= 15 is 0 Å². The largest absolute Gasteiger partial charge is 0.456 e. The maximum absolute atomic E-state index is 7.02. The lowest BCUT2D eigenvalue weighted by molar-refractivity contribution is 0.664. The van der Waals surface area contributed by atoms with Gasteiger partial charge in [0.05, 0.1) is 11.6 Å². The molecule has 4 heterocycles. The fraction of sp³-hybridized carbons (Fsp3) is 0.0588. The average molecular weight is 735 g/mol. The van der Waals surface area contributed by atoms with E-state index in [2.05, 4.69) is 156 Å². The van der Waals surface area contributed by atoms with E-state index in [1.807, 2.05) is 36.4 Å². The number of allylic oxidation sites excluding steroid dienone is 2. The summed E-state index contributed by atoms with van der Waals surface area (Å²) in [6.45, 7) is 0. The molecule has 3 unspecified atom stereocenters. The van der Waals surface area contributed by atoms with Gasteiger partial charge in [-0.2, -0.15) is 0 Å². The molecule has 0 spiro atoms. The van der Waals surface area contributed by atoms with Crippen LogP contribution in [0.2, 0.25) is 0 Å². The Morgan fingerprint density at radius 3 is 2.14 bits per heavy atom. The number of anilines is 2. The molecule has 12 rings (SSSR count). The Balaban J connectivity index is 1.03. The number of nitrogens with one attached hydrogen (secondary N) is 1. The third kappa shape index (κ3) is 4.97. The van der Waals surface area contributed by atoms with Gasteiger partial charge in [-0.15, -0.1) is 0 Å². The summed E-state index contributed by atoms with van der Waals surface area (Å²) >= 11 is 0. The maximum Gasteiger partial charge on any atom is 0.163 e. The van der Waals surface area contributed by atoms with Crippen LogP contribution < -0.4 is 10.2 Å². The Kier molecular flexibility index (Phi) is 7.01. The molecule has 7 aromatic carbocycles. The van der Waals surface area contributed by atoms with Crippen LogP contribution in [0, 0.1) is 0 Å². The molecule has 2 aliphatic heterocycles. The number of amidine groups is 2. The second-order valence-electron chi connectivity index (χ2n) is 14.9. The summed E-state index contributed by atoms with van der Waals surface area (Å²) in [6, 6.07) is 55.1. The molecule has 3 atom stereocenters. The fourth-order valence-corrected chi connectivity index (χ4v) is 9.11. The van der Waals surface area contributed by atoms with Gasteiger partial charge in [-0.05, 0) is 53.1 Å². The lowest BCUT2D eigenvalue weighted by Crippen LogP contribution is -2.33. The van der Waals surface area contributed by atoms with Crippen LogP contribution in [0.3, 0.4) is 0 Å². The Hall–Kier alpha value is -7.44. The number of hydrogen-bond donors (Lipinski definition) is 1. The normalized spacial score (nSPS) is 18.5. The van der Waals surface area contributed by atoms with Gasteiger partial charge in [-0.3, -0.25) is 0 Å². The van der Waals surface area contributed by atoms with E-state index < -0.39 is 0 Å². The predicted octanol–water partition coefficient (Wildman–Crippen LogP) is 12.4. The molecule has 0 bridgehead atoms. The van der Waals surface area contributed by atoms with Gasteiger partial charge in [0.15, 0.2) is 5.84 Å². The summed E-state index contributed by atoms with van der Waals surface area (Å²) < 4.78 is 13.6. The highest BCUT2D eigenvalue weighted by Gasteiger charge is 2.37. The van der Waals surface area contributed by atoms with Crippen LogP contribution in [-0.2, 0) is 0 Å². The Morgan fingerprint density at radius 2 is 1.28 bits per heavy atom. The minimum atomic E-state index is -0.313. The molecule has 6 heteroatoms. The van der Waals surface area contributed by atoms with E-state index in [-0.39, 0.29) is 12.2 Å². The highest BCUT2D eigenvalue weighted by molar-refractivity contribution is 6.22. The van der Waals surface area contributed by atoms with E-state index in [1.54, 1.807) is 0 Å². The summed E-state index contributed by atoms with van der Waals surface area (Å²) in [5.41, 5.74) is 12.0. The van der Waals surface area contributed by atoms with Crippen molar-refractivity contribution in [2.24, 2.45) is 9.98 Å². The van der Waals surface area contributed by atoms with Crippen molar-refractivity contribution in [1.29, 1.82) is 0 Å². The van der Waals surface area contributed by atoms with Gasteiger partial charge in [-0.1, -0.05) is 146 Å². The van der Waals surface area contributed by atoms with Gasteiger partial charge in [0.2, 0.25) is 0 Å². The molecule has 2 aromatic heterocycles. The highest BCUT2D eigenvalue weighted by atomic mass is 16.3. The van der Waals surface area contributed by atoms with Crippen molar-refractivity contribution in [3.8, 4) is 11.1 Å². The van der Waals surface area contributed by atoms with Crippen molar-refractivity contribution >= 4 is 66.9 Å². The molecule has 0 amide bonds. The van der Waals surface area contributed by atoms with Crippen LogP contribution in [-0.4, -0.2) is 17.7 Å². The van der Waals surface area contributed by atoms with Crippen molar-refractivity contribution in [3.05, 3.63) is 204 Å². The van der Waals surface area contributed by atoms with E-state index in [1.165, 1.54) is 11.3 Å². The standard InChI is InChI=1S/C51H34N4O2/c1-3-14-31(15-4-1)49-52-50(32-16-5-2-6-17-32)54-51(53-49)40-24-12-23-39-38-22-11-21-37(47(38)57-48(39)40)36-20-13-27-45-46(36)41-30-33(28-29-44(41)56-45)55-42-25-9-7-18-34(42)35-19-8-10-26-43(35)55/h1-30,34,42,49H,(H,52,53,54). The Morgan fingerprint density at radius 1 is 0.561 bits per heavy atom. The van der Waals surface area contributed by atoms with E-state index in [4.69, 9.17) is 18.8 Å². The number of para-hydroxylation sites is 3. The summed E-state index contributed by atoms with van der Waals surface area (Å²) in [4.78, 5) is 12.8. The highest BCUT2D eigenvalue weighted by Crippen LogP contribution is 2.49. The zero-order chi connectivity index (χ0) is 37.5. The monoisotopic (exact) mass is 734 g/mol. The molecule has 3 aliphatic rings. The summed E-state index contributed by atoms with van der Waals surface area (Å²) in [5, 5.41) is 7.76. The number of nitrogens with zero attached hydrogens (tertiary/aromatic N) is 3. The van der Waals surface area contributed by atoms with Crippen molar-refractivity contribution in [3.63, 3.8) is 0 Å². The Labute approximate surface area is 328 Å². The van der Waals surface area contributed by atoms with Gasteiger partial charge >= 0.3 is 0 Å². The molecule has 1 aliphatic carbocycles. The molecule has 57 heavy (non-hydrogen) atoms. The molecule has 6 nitrogen and oxygen atoms in total. The van der Waals surface area contributed by atoms with Gasteiger partial charge in [0.1, 0.15) is 34.3 Å². The van der Waals surface area contributed by atoms with Crippen LogP contribution in [0.15, 0.2) is 201 Å². The topological polar surface area (TPSA) is 66.3 Å². The fourth-order valence-electron chi connectivity index (χ4n) is 9.11. The minimum absolute atomic E-state index is 0.210. The molecule has 0 fully saturated rings. The lowest BCUT2D eigenvalue weighted by Gasteiger charge is -2.28. The summed E-state index contributed by atoms with van der Waals surface area (Å²) in [5.74, 6) is 1.70. The SMILES string of the molecule is C1=CC2c3ccccc3N(c3ccc4oc5cccc(-c6cccc7c6oc6c(C8=NC(c9ccccc9)NC(c9ccccc9)=N8)cccc67)c5c4c3)C2C=C1. The van der Waals surface area contributed by atoms with Crippen LogP contribution >= 0.6 is 0 Å². The molecule has 0 saturated heterocycles. The molecule has 1 N–H and O–H groups in total. The first kappa shape index (κ1) is 31.9. The number of fused-ring (bicyclic) bond motifs is 9. The van der Waals surface area contributed by atoms with Gasteiger partial charge in [0.25, 0.3) is 0 Å². The van der Waals surface area contributed by atoms with E-state index in [0.29, 0.717) is 11.8 Å². The first-order valence-corrected chi connectivity index (χ1v) is 19.4. The smallest absolute Gasteiger partial charge is 0.163 e. The first-order valence-electron chi connectivity index (χ1n) is 19.4. The van der Waals surface area contributed by atoms with Crippen molar-refractivity contribution in [1.82, 2.24) is 5.32 Å². The van der Waals surface area contributed by atoms with E-state index in [0.717, 1.165) is 83.2 Å².